The molecule has 21 heavy (non-hydrogen) atoms. The summed E-state index contributed by atoms with van der Waals surface area (Å²) >= 11 is 0. The maximum Gasteiger partial charge on any atom is 0.261 e. The van der Waals surface area contributed by atoms with E-state index >= 15 is 0 Å². The van der Waals surface area contributed by atoms with Gasteiger partial charge < -0.3 is 9.64 Å². The van der Waals surface area contributed by atoms with Crippen LogP contribution in [0, 0.1) is 5.92 Å². The van der Waals surface area contributed by atoms with Crippen LogP contribution in [0.15, 0.2) is 0 Å². The normalized spacial score (nSPS) is 26.6. The molecule has 0 aromatic rings. The second kappa shape index (κ2) is 7.82. The Kier molecular flexibility index (Phi) is 6.08. The molecular formula is C15H23F2NO3. The fourth-order valence-electron chi connectivity index (χ4n) is 3.41. The Morgan fingerprint density at radius 2 is 2.10 bits per heavy atom. The van der Waals surface area contributed by atoms with Crippen molar-refractivity contribution >= 4 is 11.7 Å². The van der Waals surface area contributed by atoms with Crippen LogP contribution in [0.5, 0.6) is 0 Å². The van der Waals surface area contributed by atoms with Crippen LogP contribution in [0.1, 0.15) is 44.9 Å². The van der Waals surface area contributed by atoms with Crippen molar-refractivity contribution < 1.29 is 23.1 Å². The molecule has 0 bridgehead atoms. The smallest absolute Gasteiger partial charge is 0.261 e. The van der Waals surface area contributed by atoms with E-state index in [1.165, 1.54) is 0 Å². The zero-order valence-corrected chi connectivity index (χ0v) is 12.2. The number of carbonyl (C=O) groups excluding carboxylic acids is 2. The Bertz CT molecular complexity index is 376. The zero-order chi connectivity index (χ0) is 15.2. The zero-order valence-electron chi connectivity index (χ0n) is 12.2. The quantitative estimate of drug-likeness (QED) is 0.708. The molecule has 1 saturated heterocycles. The lowest BCUT2D eigenvalue weighted by Crippen LogP contribution is -2.44. The number of nitrogens with zero attached hydrogens (tertiary/aromatic N) is 1. The van der Waals surface area contributed by atoms with Gasteiger partial charge in [0.05, 0.1) is 13.0 Å². The molecule has 2 aliphatic rings. The highest BCUT2D eigenvalue weighted by Gasteiger charge is 2.38. The number of ketones is 1. The lowest BCUT2D eigenvalue weighted by atomic mass is 9.82. The van der Waals surface area contributed by atoms with E-state index in [9.17, 15) is 18.4 Å². The van der Waals surface area contributed by atoms with Crippen LogP contribution in [0.4, 0.5) is 8.78 Å². The molecule has 0 aromatic heterocycles. The molecule has 6 heteroatoms. The van der Waals surface area contributed by atoms with E-state index in [-0.39, 0.29) is 36.7 Å². The number of likely N-dealkylation sites (tertiary alicyclic amines) is 1. The Balaban J connectivity index is 1.83. The number of Topliss-reactive ketones (excluding diaryl/α,β-unsaturated/α-hetero) is 1. The van der Waals surface area contributed by atoms with E-state index < -0.39 is 13.0 Å². The Labute approximate surface area is 123 Å². The van der Waals surface area contributed by atoms with Gasteiger partial charge >= 0.3 is 0 Å². The topological polar surface area (TPSA) is 46.6 Å². The summed E-state index contributed by atoms with van der Waals surface area (Å²) in [6.07, 6.45) is 2.90. The van der Waals surface area contributed by atoms with Crippen molar-refractivity contribution in [2.45, 2.75) is 57.4 Å². The standard InChI is InChI=1S/C15H23F2NO3/c16-14(17)10-21-9-7-15(20)18-8-3-5-12(18)11-4-1-2-6-13(11)19/h11-12,14H,1-10H2. The van der Waals surface area contributed by atoms with Gasteiger partial charge in [-0.05, 0) is 25.7 Å². The predicted octanol–water partition coefficient (Wildman–Crippen LogP) is 2.41. The van der Waals surface area contributed by atoms with Crippen LogP contribution in [0.2, 0.25) is 0 Å². The number of amides is 1. The van der Waals surface area contributed by atoms with E-state index in [4.69, 9.17) is 4.74 Å². The lowest BCUT2D eigenvalue weighted by Gasteiger charge is -2.33. The molecule has 120 valence electrons. The molecule has 0 radical (unpaired) electrons. The molecule has 1 aliphatic heterocycles. The van der Waals surface area contributed by atoms with Gasteiger partial charge in [-0.1, -0.05) is 6.42 Å². The number of rotatable bonds is 6. The van der Waals surface area contributed by atoms with E-state index in [0.717, 1.165) is 32.1 Å². The summed E-state index contributed by atoms with van der Waals surface area (Å²) in [6.45, 7) is 0.0605. The van der Waals surface area contributed by atoms with Gasteiger partial charge in [-0.2, -0.15) is 0 Å². The number of halogens is 2. The molecule has 2 fully saturated rings. The van der Waals surface area contributed by atoms with Gasteiger partial charge in [-0.3, -0.25) is 9.59 Å². The fourth-order valence-corrected chi connectivity index (χ4v) is 3.41. The summed E-state index contributed by atoms with van der Waals surface area (Å²) in [7, 11) is 0. The van der Waals surface area contributed by atoms with Crippen molar-refractivity contribution in [3.8, 4) is 0 Å². The summed E-state index contributed by atoms with van der Waals surface area (Å²) in [5.74, 6) is 0.178. The highest BCUT2D eigenvalue weighted by molar-refractivity contribution is 5.84. The first-order valence-electron chi connectivity index (χ1n) is 7.77. The second-order valence-electron chi connectivity index (χ2n) is 5.83. The average molecular weight is 303 g/mol. The number of ether oxygens (including phenoxy) is 1. The molecule has 1 heterocycles. The van der Waals surface area contributed by atoms with Crippen LogP contribution < -0.4 is 0 Å². The number of carbonyl (C=O) groups is 2. The van der Waals surface area contributed by atoms with Crippen LogP contribution in [-0.2, 0) is 14.3 Å². The minimum absolute atomic E-state index is 0.0143. The molecule has 0 N–H and O–H groups in total. The third-order valence-corrected chi connectivity index (χ3v) is 4.39. The third-order valence-electron chi connectivity index (χ3n) is 4.39. The molecule has 0 aromatic carbocycles. The van der Waals surface area contributed by atoms with Crippen molar-refractivity contribution in [1.29, 1.82) is 0 Å². The molecule has 2 rings (SSSR count). The highest BCUT2D eigenvalue weighted by Crippen LogP contribution is 2.32. The largest absolute Gasteiger partial charge is 0.375 e. The van der Waals surface area contributed by atoms with Crippen LogP contribution in [0.25, 0.3) is 0 Å². The summed E-state index contributed by atoms with van der Waals surface area (Å²) in [5, 5.41) is 0. The maximum absolute atomic E-state index is 12.2. The van der Waals surface area contributed by atoms with Gasteiger partial charge in [0.1, 0.15) is 12.4 Å². The number of hydrogen-bond acceptors (Lipinski definition) is 3. The predicted molar refractivity (Wildman–Crippen MR) is 73.1 cm³/mol. The lowest BCUT2D eigenvalue weighted by molar-refractivity contribution is -0.137. The van der Waals surface area contributed by atoms with E-state index in [1.54, 1.807) is 4.90 Å². The number of alkyl halides is 2. The van der Waals surface area contributed by atoms with Gasteiger partial charge in [0, 0.05) is 24.9 Å². The van der Waals surface area contributed by atoms with Crippen LogP contribution in [-0.4, -0.2) is 48.8 Å². The molecule has 4 nitrogen and oxygen atoms in total. The van der Waals surface area contributed by atoms with Crippen LogP contribution >= 0.6 is 0 Å². The highest BCUT2D eigenvalue weighted by atomic mass is 19.3. The van der Waals surface area contributed by atoms with Gasteiger partial charge in [-0.15, -0.1) is 0 Å². The van der Waals surface area contributed by atoms with Crippen LogP contribution in [0.3, 0.4) is 0 Å². The van der Waals surface area contributed by atoms with E-state index in [0.29, 0.717) is 13.0 Å². The van der Waals surface area contributed by atoms with E-state index in [2.05, 4.69) is 0 Å². The van der Waals surface area contributed by atoms with Crippen molar-refractivity contribution in [2.75, 3.05) is 19.8 Å². The summed E-state index contributed by atoms with van der Waals surface area (Å²) in [6, 6.07) is 0.0143. The average Bonchev–Trinajstić information content (AvgIpc) is 2.93. The molecule has 2 unspecified atom stereocenters. The van der Waals surface area contributed by atoms with E-state index in [1.807, 2.05) is 0 Å². The van der Waals surface area contributed by atoms with Gasteiger partial charge in [-0.25, -0.2) is 8.78 Å². The minimum atomic E-state index is -2.50. The number of hydrogen-bond donors (Lipinski definition) is 0. The maximum atomic E-state index is 12.2. The van der Waals surface area contributed by atoms with Crippen molar-refractivity contribution in [3.63, 3.8) is 0 Å². The van der Waals surface area contributed by atoms with Crippen molar-refractivity contribution in [3.05, 3.63) is 0 Å². The molecule has 0 spiro atoms. The summed E-state index contributed by atoms with van der Waals surface area (Å²) in [5.41, 5.74) is 0. The first-order valence-corrected chi connectivity index (χ1v) is 7.77. The molecule has 1 amide bonds. The fraction of sp³-hybridized carbons (Fsp3) is 0.867. The first-order chi connectivity index (χ1) is 10.1. The summed E-state index contributed by atoms with van der Waals surface area (Å²) in [4.78, 5) is 26.0. The van der Waals surface area contributed by atoms with Crippen molar-refractivity contribution in [1.82, 2.24) is 4.90 Å². The SMILES string of the molecule is O=C1CCCCC1C1CCCN1C(=O)CCOCC(F)F. The monoisotopic (exact) mass is 303 g/mol. The summed E-state index contributed by atoms with van der Waals surface area (Å²) < 4.78 is 28.7. The van der Waals surface area contributed by atoms with Gasteiger partial charge in [0.2, 0.25) is 5.91 Å². The second-order valence-corrected chi connectivity index (χ2v) is 5.83. The minimum Gasteiger partial charge on any atom is -0.375 e. The Hall–Kier alpha value is -1.04. The first kappa shape index (κ1) is 16.3. The Morgan fingerprint density at radius 1 is 1.29 bits per heavy atom. The van der Waals surface area contributed by atoms with Gasteiger partial charge in [0.25, 0.3) is 6.43 Å². The third kappa shape index (κ3) is 4.46. The van der Waals surface area contributed by atoms with Crippen molar-refractivity contribution in [2.24, 2.45) is 5.92 Å². The molecular weight excluding hydrogens is 280 g/mol. The molecule has 2 atom stereocenters. The molecule has 1 aliphatic carbocycles. The molecule has 1 saturated carbocycles. The Morgan fingerprint density at radius 3 is 2.81 bits per heavy atom. The van der Waals surface area contributed by atoms with Gasteiger partial charge in [0.15, 0.2) is 0 Å².